The van der Waals surface area contributed by atoms with Crippen LogP contribution in [0.2, 0.25) is 0 Å². The first-order valence-corrected chi connectivity index (χ1v) is 13.3. The predicted molar refractivity (Wildman–Crippen MR) is 146 cm³/mol. The molecule has 206 valence electrons. The van der Waals surface area contributed by atoms with Crippen molar-refractivity contribution in [1.29, 1.82) is 0 Å². The van der Waals surface area contributed by atoms with Crippen molar-refractivity contribution in [3.05, 3.63) is 47.8 Å². The number of benzene rings is 1. The van der Waals surface area contributed by atoms with E-state index < -0.39 is 17.9 Å². The molecule has 0 radical (unpaired) electrons. The lowest BCUT2D eigenvalue weighted by molar-refractivity contribution is -0.122. The van der Waals surface area contributed by atoms with Gasteiger partial charge in [-0.1, -0.05) is 66.0 Å². The minimum atomic E-state index is -2.84. The number of unbranched alkanes of at least 4 members (excludes halogenated alkanes) is 1. The summed E-state index contributed by atoms with van der Waals surface area (Å²) in [5.41, 5.74) is 3.16. The number of anilines is 2. The van der Waals surface area contributed by atoms with Crippen molar-refractivity contribution in [2.45, 2.75) is 78.8 Å². The topological polar surface area (TPSA) is 103 Å². The average molecular weight is 529 g/mol. The summed E-state index contributed by atoms with van der Waals surface area (Å²) < 4.78 is 26.0. The number of fused-ring (bicyclic) bond motifs is 2. The van der Waals surface area contributed by atoms with Crippen LogP contribution in [0, 0.1) is 5.92 Å². The number of H-pyrrole nitrogens is 1. The molecule has 5 rings (SSSR count). The zero-order valence-corrected chi connectivity index (χ0v) is 22.8. The molecule has 3 heterocycles. The smallest absolute Gasteiger partial charge is 0.270 e. The third-order valence-electron chi connectivity index (χ3n) is 6.21. The molecule has 1 aromatic carbocycles. The van der Waals surface area contributed by atoms with E-state index in [1.807, 2.05) is 32.0 Å². The van der Waals surface area contributed by atoms with E-state index in [-0.39, 0.29) is 25.4 Å². The van der Waals surface area contributed by atoms with E-state index in [1.54, 1.807) is 18.5 Å². The quantitative estimate of drug-likeness (QED) is 0.331. The lowest BCUT2D eigenvalue weighted by Gasteiger charge is -2.15. The maximum atomic E-state index is 13.0. The van der Waals surface area contributed by atoms with Gasteiger partial charge < -0.3 is 15.5 Å². The first-order chi connectivity index (χ1) is 18.2. The Morgan fingerprint density at radius 2 is 2.00 bits per heavy atom. The van der Waals surface area contributed by atoms with Gasteiger partial charge >= 0.3 is 0 Å². The van der Waals surface area contributed by atoms with E-state index in [0.717, 1.165) is 16.9 Å². The van der Waals surface area contributed by atoms with E-state index in [0.29, 0.717) is 22.6 Å². The van der Waals surface area contributed by atoms with E-state index in [4.69, 9.17) is 0 Å². The van der Waals surface area contributed by atoms with Crippen LogP contribution in [0.15, 0.2) is 36.7 Å². The molecule has 0 spiro atoms. The monoisotopic (exact) mass is 528 g/mol. The van der Waals surface area contributed by atoms with Gasteiger partial charge in [-0.05, 0) is 23.6 Å². The van der Waals surface area contributed by atoms with Gasteiger partial charge in [0, 0.05) is 18.4 Å². The van der Waals surface area contributed by atoms with Crippen LogP contribution in [-0.2, 0) is 11.3 Å². The van der Waals surface area contributed by atoms with Gasteiger partial charge in [0.25, 0.3) is 11.8 Å². The zero-order chi connectivity index (χ0) is 27.9. The minimum Gasteiger partial charge on any atom is -0.354 e. The summed E-state index contributed by atoms with van der Waals surface area (Å²) in [6, 6.07) is 6.11. The number of halogens is 2. The first kappa shape index (κ1) is 29.0. The molecule has 2 aromatic heterocycles. The van der Waals surface area contributed by atoms with Gasteiger partial charge in [0.2, 0.25) is 5.91 Å². The van der Waals surface area contributed by atoms with Crippen molar-refractivity contribution in [2.75, 3.05) is 11.9 Å². The normalized spacial score (nSPS) is 16.8. The Bertz CT molecular complexity index is 1240. The van der Waals surface area contributed by atoms with Gasteiger partial charge in [-0.2, -0.15) is 5.10 Å². The Hall–Kier alpha value is -3.56. The van der Waals surface area contributed by atoms with Crippen molar-refractivity contribution in [3.8, 4) is 0 Å². The minimum absolute atomic E-state index is 0.247. The second-order valence-corrected chi connectivity index (χ2v) is 9.78. The third kappa shape index (κ3) is 7.26. The molecule has 1 aliphatic heterocycles. The molecule has 1 unspecified atom stereocenters. The maximum absolute atomic E-state index is 13.0. The van der Waals surface area contributed by atoms with E-state index in [2.05, 4.69) is 46.6 Å². The number of nitrogens with zero attached hydrogens (tertiary/aromatic N) is 3. The van der Waals surface area contributed by atoms with Gasteiger partial charge in [0.15, 0.2) is 5.65 Å². The maximum Gasteiger partial charge on any atom is 0.270 e. The van der Waals surface area contributed by atoms with E-state index in [1.165, 1.54) is 24.2 Å². The van der Waals surface area contributed by atoms with Crippen molar-refractivity contribution < 1.29 is 18.4 Å². The number of hydrogen-bond acceptors (Lipinski definition) is 5. The zero-order valence-electron chi connectivity index (χ0n) is 22.8. The number of aromatic nitrogens is 3. The molecule has 2 amide bonds. The largest absolute Gasteiger partial charge is 0.354 e. The molecule has 38 heavy (non-hydrogen) atoms. The van der Waals surface area contributed by atoms with Crippen LogP contribution in [-0.4, -0.2) is 50.4 Å². The number of nitrogens with one attached hydrogen (secondary N) is 3. The van der Waals surface area contributed by atoms with Gasteiger partial charge in [-0.3, -0.25) is 14.7 Å². The Morgan fingerprint density at radius 1 is 1.26 bits per heavy atom. The summed E-state index contributed by atoms with van der Waals surface area (Å²) in [4.78, 5) is 30.5. The third-order valence-corrected chi connectivity index (χ3v) is 6.21. The Labute approximate surface area is 222 Å². The second kappa shape index (κ2) is 12.8. The predicted octanol–water partition coefficient (Wildman–Crippen LogP) is 6.04. The molecule has 0 bridgehead atoms. The molecule has 1 aliphatic carbocycles. The van der Waals surface area contributed by atoms with Gasteiger partial charge in [-0.15, -0.1) is 0 Å². The van der Waals surface area contributed by atoms with Crippen LogP contribution in [0.1, 0.15) is 76.2 Å². The molecule has 8 nitrogen and oxygen atoms in total. The highest BCUT2D eigenvalue weighted by molar-refractivity contribution is 6.05. The van der Waals surface area contributed by atoms with Crippen molar-refractivity contribution in [2.24, 2.45) is 5.92 Å². The van der Waals surface area contributed by atoms with Gasteiger partial charge in [0.05, 0.1) is 35.4 Å². The summed E-state index contributed by atoms with van der Waals surface area (Å²) >= 11 is 0. The fourth-order valence-corrected chi connectivity index (χ4v) is 4.11. The number of alkyl halides is 2. The van der Waals surface area contributed by atoms with Crippen LogP contribution >= 0.6 is 0 Å². The molecule has 3 aromatic rings. The summed E-state index contributed by atoms with van der Waals surface area (Å²) in [5.74, 6) is -2.84. The lowest BCUT2D eigenvalue weighted by atomic mass is 10.1. The number of carbonyl (C=O) groups is 2. The number of pyridine rings is 1. The molecule has 3 N–H and O–H groups in total. The summed E-state index contributed by atoms with van der Waals surface area (Å²) in [6.07, 6.45) is 7.07. The van der Waals surface area contributed by atoms with Crippen molar-refractivity contribution in [3.63, 3.8) is 0 Å². The highest BCUT2D eigenvalue weighted by Gasteiger charge is 2.57. The molecule has 2 aliphatic rings. The van der Waals surface area contributed by atoms with E-state index in [9.17, 15) is 18.4 Å². The molecule has 1 atom stereocenters. The van der Waals surface area contributed by atoms with Crippen LogP contribution in [0.25, 0.3) is 11.0 Å². The molecule has 0 saturated heterocycles. The van der Waals surface area contributed by atoms with Crippen LogP contribution < -0.4 is 10.6 Å². The summed E-state index contributed by atoms with van der Waals surface area (Å²) in [7, 11) is 0. The van der Waals surface area contributed by atoms with E-state index >= 15 is 0 Å². The molecule has 1 fully saturated rings. The summed E-state index contributed by atoms with van der Waals surface area (Å²) in [6.45, 7) is 10.8. The highest BCUT2D eigenvalue weighted by Crippen LogP contribution is 2.41. The number of hydrogen-bond donors (Lipinski definition) is 3. The van der Waals surface area contributed by atoms with Gasteiger partial charge in [0.1, 0.15) is 6.54 Å². The number of carbonyl (C=O) groups excluding carboxylic acids is 2. The summed E-state index contributed by atoms with van der Waals surface area (Å²) in [5, 5.41) is 13.0. The highest BCUT2D eigenvalue weighted by atomic mass is 19.3. The van der Waals surface area contributed by atoms with Crippen molar-refractivity contribution in [1.82, 2.24) is 25.4 Å². The number of rotatable bonds is 8. The lowest BCUT2D eigenvalue weighted by Crippen LogP contribution is -2.39. The van der Waals surface area contributed by atoms with Crippen molar-refractivity contribution >= 4 is 34.2 Å². The molecular formula is C28H38F2N6O2. The van der Waals surface area contributed by atoms with Crippen LogP contribution in [0.3, 0.4) is 0 Å². The standard InChI is InChI=1S/C19H16F2N6O2.C7H16.C2H6/c20-19(21)5-14(19)25-15(28)9-27-8-10-2-1-3-13(16(10)18(27)29)24-12-4-11-6-23-26-17(11)22-7-12;1-4-5-6-7(2)3;1-2/h1-4,6-7,14,24H,5,8-9H2,(H,25,28)(H,22,23,26);7H,4-6H2,1-3H3;1-2H3. The Morgan fingerprint density at radius 3 is 2.63 bits per heavy atom. The fraction of sp³-hybridized carbons (Fsp3) is 0.500. The first-order valence-electron chi connectivity index (χ1n) is 13.3. The second-order valence-electron chi connectivity index (χ2n) is 9.78. The molecular weight excluding hydrogens is 490 g/mol. The molecule has 1 saturated carbocycles. The van der Waals surface area contributed by atoms with Crippen LogP contribution in [0.4, 0.5) is 20.2 Å². The fourth-order valence-electron chi connectivity index (χ4n) is 4.11. The van der Waals surface area contributed by atoms with Gasteiger partial charge in [-0.25, -0.2) is 13.8 Å². The SMILES string of the molecule is CC.CCCCC(C)C.O=C(CN1Cc2cccc(Nc3cnc4[nH]ncc4c3)c2C1=O)NC1CC1(F)F. The Balaban J connectivity index is 0.000000389. The number of aromatic amines is 1. The molecule has 10 heteroatoms. The number of amides is 2. The van der Waals surface area contributed by atoms with Crippen LogP contribution in [0.5, 0.6) is 0 Å². The Kier molecular flexibility index (Phi) is 9.77. The average Bonchev–Trinajstić information content (AvgIpc) is 3.19.